The van der Waals surface area contributed by atoms with Crippen molar-refractivity contribution in [2.75, 3.05) is 33.2 Å². The van der Waals surface area contributed by atoms with E-state index in [1.165, 1.54) is 25.2 Å². The highest BCUT2D eigenvalue weighted by molar-refractivity contribution is 7.89. The summed E-state index contributed by atoms with van der Waals surface area (Å²) in [6.07, 6.45) is -0.413. The van der Waals surface area contributed by atoms with E-state index < -0.39 is 21.7 Å². The SMILES string of the molecule is CNS(=O)(=O)c1cc(C(=O)N2CCN(C(=O)OC(C)(C)C)CC2)ccc1Cl. The van der Waals surface area contributed by atoms with Gasteiger partial charge in [0.1, 0.15) is 10.5 Å². The Balaban J connectivity index is 2.08. The molecule has 1 saturated heterocycles. The number of ether oxygens (including phenoxy) is 1. The van der Waals surface area contributed by atoms with Crippen LogP contribution in [0.15, 0.2) is 23.1 Å². The van der Waals surface area contributed by atoms with Crippen LogP contribution in [0.1, 0.15) is 31.1 Å². The maximum atomic E-state index is 12.7. The number of piperazine rings is 1. The lowest BCUT2D eigenvalue weighted by molar-refractivity contribution is 0.0141. The average Bonchev–Trinajstić information content (AvgIpc) is 2.60. The van der Waals surface area contributed by atoms with Crippen LogP contribution in [0.5, 0.6) is 0 Å². The lowest BCUT2D eigenvalue weighted by Gasteiger charge is -2.35. The molecular weight excluding hydrogens is 394 g/mol. The molecule has 1 aliphatic rings. The Morgan fingerprint density at radius 1 is 1.11 bits per heavy atom. The minimum absolute atomic E-state index is 0.0376. The second-order valence-corrected chi connectivity index (χ2v) is 9.37. The van der Waals surface area contributed by atoms with Crippen molar-refractivity contribution in [1.82, 2.24) is 14.5 Å². The van der Waals surface area contributed by atoms with E-state index >= 15 is 0 Å². The van der Waals surface area contributed by atoms with Crippen LogP contribution in [0, 0.1) is 0 Å². The van der Waals surface area contributed by atoms with Gasteiger partial charge in [0.15, 0.2) is 0 Å². The third-order valence-electron chi connectivity index (χ3n) is 3.95. The Labute approximate surface area is 164 Å². The van der Waals surface area contributed by atoms with Crippen molar-refractivity contribution in [3.63, 3.8) is 0 Å². The Kier molecular flexibility index (Phi) is 6.39. The van der Waals surface area contributed by atoms with Crippen LogP contribution in [0.2, 0.25) is 5.02 Å². The number of amides is 2. The fourth-order valence-electron chi connectivity index (χ4n) is 2.55. The largest absolute Gasteiger partial charge is 0.444 e. The third kappa shape index (κ3) is 5.33. The van der Waals surface area contributed by atoms with Gasteiger partial charge >= 0.3 is 6.09 Å². The normalized spacial score (nSPS) is 15.6. The summed E-state index contributed by atoms with van der Waals surface area (Å²) in [5.74, 6) is -0.317. The van der Waals surface area contributed by atoms with E-state index in [4.69, 9.17) is 16.3 Å². The van der Waals surface area contributed by atoms with Crippen molar-refractivity contribution in [2.45, 2.75) is 31.3 Å². The van der Waals surface area contributed by atoms with Crippen LogP contribution < -0.4 is 4.72 Å². The van der Waals surface area contributed by atoms with Gasteiger partial charge in [-0.25, -0.2) is 17.9 Å². The summed E-state index contributed by atoms with van der Waals surface area (Å²) in [6.45, 7) is 6.72. The van der Waals surface area contributed by atoms with Gasteiger partial charge in [-0.05, 0) is 46.0 Å². The number of hydrogen-bond donors (Lipinski definition) is 1. The van der Waals surface area contributed by atoms with E-state index in [0.717, 1.165) is 0 Å². The van der Waals surface area contributed by atoms with Gasteiger partial charge in [-0.15, -0.1) is 0 Å². The van der Waals surface area contributed by atoms with Gasteiger partial charge in [0.25, 0.3) is 5.91 Å². The second-order valence-electron chi connectivity index (χ2n) is 7.11. The zero-order valence-corrected chi connectivity index (χ0v) is 17.4. The predicted molar refractivity (Wildman–Crippen MR) is 101 cm³/mol. The van der Waals surface area contributed by atoms with Gasteiger partial charge in [-0.3, -0.25) is 4.79 Å². The third-order valence-corrected chi connectivity index (χ3v) is 5.85. The molecule has 0 saturated carbocycles. The molecule has 1 heterocycles. The molecule has 1 aromatic rings. The van der Waals surface area contributed by atoms with Gasteiger partial charge in [-0.1, -0.05) is 11.6 Å². The summed E-state index contributed by atoms with van der Waals surface area (Å²) in [4.78, 5) is 27.8. The molecule has 1 fully saturated rings. The Bertz CT molecular complexity index is 827. The molecule has 0 aromatic heterocycles. The second kappa shape index (κ2) is 8.04. The minimum atomic E-state index is -3.78. The Morgan fingerprint density at radius 2 is 1.67 bits per heavy atom. The summed E-state index contributed by atoms with van der Waals surface area (Å²) in [7, 11) is -2.50. The van der Waals surface area contributed by atoms with Crippen molar-refractivity contribution in [3.8, 4) is 0 Å². The highest BCUT2D eigenvalue weighted by Crippen LogP contribution is 2.23. The van der Waals surface area contributed by atoms with E-state index in [1.807, 2.05) is 0 Å². The van der Waals surface area contributed by atoms with Gasteiger partial charge < -0.3 is 14.5 Å². The molecule has 2 amide bonds. The molecule has 0 bridgehead atoms. The first-order valence-corrected chi connectivity index (χ1v) is 10.3. The Hall–Kier alpha value is -1.84. The van der Waals surface area contributed by atoms with Crippen LogP contribution in [-0.4, -0.2) is 69.0 Å². The van der Waals surface area contributed by atoms with Gasteiger partial charge in [0, 0.05) is 31.7 Å². The first-order chi connectivity index (χ1) is 12.4. The highest BCUT2D eigenvalue weighted by atomic mass is 35.5. The lowest BCUT2D eigenvalue weighted by atomic mass is 10.2. The summed E-state index contributed by atoms with van der Waals surface area (Å²) < 4.78 is 31.6. The van der Waals surface area contributed by atoms with Crippen molar-refractivity contribution >= 4 is 33.6 Å². The quantitative estimate of drug-likeness (QED) is 0.810. The van der Waals surface area contributed by atoms with Gasteiger partial charge in [0.2, 0.25) is 10.0 Å². The molecule has 1 aromatic carbocycles. The smallest absolute Gasteiger partial charge is 0.410 e. The molecule has 0 atom stereocenters. The number of carbonyl (C=O) groups excluding carboxylic acids is 2. The number of hydrogen-bond acceptors (Lipinski definition) is 5. The minimum Gasteiger partial charge on any atom is -0.444 e. The number of sulfonamides is 1. The van der Waals surface area contributed by atoms with Crippen LogP contribution in [0.4, 0.5) is 4.79 Å². The maximum Gasteiger partial charge on any atom is 0.410 e. The van der Waals surface area contributed by atoms with E-state index in [2.05, 4.69) is 4.72 Å². The van der Waals surface area contributed by atoms with E-state index in [1.54, 1.807) is 30.6 Å². The molecule has 8 nitrogen and oxygen atoms in total. The van der Waals surface area contributed by atoms with Crippen molar-refractivity contribution < 1.29 is 22.7 Å². The van der Waals surface area contributed by atoms with Crippen molar-refractivity contribution in [2.24, 2.45) is 0 Å². The summed E-state index contributed by atoms with van der Waals surface area (Å²) in [5, 5.41) is 0.0376. The number of carbonyl (C=O) groups is 2. The zero-order valence-electron chi connectivity index (χ0n) is 15.8. The molecule has 10 heteroatoms. The maximum absolute atomic E-state index is 12.7. The molecule has 0 spiro atoms. The van der Waals surface area contributed by atoms with E-state index in [9.17, 15) is 18.0 Å². The molecule has 27 heavy (non-hydrogen) atoms. The molecule has 0 aliphatic carbocycles. The van der Waals surface area contributed by atoms with Crippen LogP contribution in [0.25, 0.3) is 0 Å². The topological polar surface area (TPSA) is 96.0 Å². The fraction of sp³-hybridized carbons (Fsp3) is 0.529. The molecule has 1 aliphatic heterocycles. The van der Waals surface area contributed by atoms with Crippen LogP contribution in [-0.2, 0) is 14.8 Å². The first-order valence-electron chi connectivity index (χ1n) is 8.45. The molecule has 150 valence electrons. The number of rotatable bonds is 3. The molecule has 2 rings (SSSR count). The Morgan fingerprint density at radius 3 is 2.19 bits per heavy atom. The summed E-state index contributed by atoms with van der Waals surface area (Å²) in [6, 6.07) is 4.13. The molecule has 0 unspecified atom stereocenters. The number of benzene rings is 1. The zero-order chi connectivity index (χ0) is 20.4. The monoisotopic (exact) mass is 417 g/mol. The fourth-order valence-corrected chi connectivity index (χ4v) is 3.80. The number of halogens is 1. The molecular formula is C17H24ClN3O5S. The van der Waals surface area contributed by atoms with Crippen LogP contribution in [0.3, 0.4) is 0 Å². The number of nitrogens with one attached hydrogen (secondary N) is 1. The van der Waals surface area contributed by atoms with Crippen molar-refractivity contribution in [3.05, 3.63) is 28.8 Å². The van der Waals surface area contributed by atoms with Gasteiger partial charge in [0.05, 0.1) is 5.02 Å². The molecule has 0 radical (unpaired) electrons. The van der Waals surface area contributed by atoms with E-state index in [0.29, 0.717) is 26.2 Å². The first kappa shape index (κ1) is 21.5. The van der Waals surface area contributed by atoms with Crippen molar-refractivity contribution in [1.29, 1.82) is 0 Å². The molecule has 1 N–H and O–H groups in total. The lowest BCUT2D eigenvalue weighted by Crippen LogP contribution is -2.51. The number of nitrogens with zero attached hydrogens (tertiary/aromatic N) is 2. The highest BCUT2D eigenvalue weighted by Gasteiger charge is 2.28. The summed E-state index contributed by atoms with van der Waals surface area (Å²) >= 11 is 5.95. The predicted octanol–water partition coefficient (Wildman–Crippen LogP) is 1.94. The summed E-state index contributed by atoms with van der Waals surface area (Å²) in [5.41, 5.74) is -0.360. The van der Waals surface area contributed by atoms with Crippen LogP contribution >= 0.6 is 11.6 Å². The van der Waals surface area contributed by atoms with Gasteiger partial charge in [-0.2, -0.15) is 0 Å². The standard InChI is InChI=1S/C17H24ClN3O5S/c1-17(2,3)26-16(23)21-9-7-20(8-10-21)15(22)12-5-6-13(18)14(11-12)27(24,25)19-4/h5-6,11,19H,7-10H2,1-4H3. The average molecular weight is 418 g/mol. The van der Waals surface area contributed by atoms with E-state index in [-0.39, 0.29) is 21.4 Å².